The van der Waals surface area contributed by atoms with E-state index in [0.29, 0.717) is 5.56 Å². The molecule has 2 aliphatic heterocycles. The second-order valence-electron chi connectivity index (χ2n) is 8.38. The molecule has 0 aromatic heterocycles. The molecule has 2 amide bonds. The van der Waals surface area contributed by atoms with Gasteiger partial charge in [0.1, 0.15) is 5.82 Å². The van der Waals surface area contributed by atoms with Crippen molar-refractivity contribution in [3.63, 3.8) is 0 Å². The third-order valence-electron chi connectivity index (χ3n) is 6.71. The molecule has 3 atom stereocenters. The molecule has 0 saturated carbocycles. The summed E-state index contributed by atoms with van der Waals surface area (Å²) in [6.45, 7) is 0. The summed E-state index contributed by atoms with van der Waals surface area (Å²) >= 11 is 0. The zero-order valence-electron chi connectivity index (χ0n) is 17.1. The number of fused-ring (bicyclic) bond motifs is 3. The van der Waals surface area contributed by atoms with Crippen LogP contribution in [0.1, 0.15) is 32.4 Å². The van der Waals surface area contributed by atoms with Crippen LogP contribution in [0.2, 0.25) is 0 Å². The molecule has 3 aromatic carbocycles. The fourth-order valence-corrected chi connectivity index (χ4v) is 5.33. The Hall–Kier alpha value is -3.97. The number of imide groups is 1. The van der Waals surface area contributed by atoms with Crippen LogP contribution in [0.5, 0.6) is 0 Å². The van der Waals surface area contributed by atoms with Gasteiger partial charge in [0.2, 0.25) is 29.0 Å². The lowest BCUT2D eigenvalue weighted by atomic mass is 9.77. The number of hydrogen-bond acceptors (Lipinski definition) is 5. The summed E-state index contributed by atoms with van der Waals surface area (Å²) in [7, 11) is 0. The molecular weight excluding hydrogens is 425 g/mol. The minimum atomic E-state index is -2.14. The van der Waals surface area contributed by atoms with Crippen molar-refractivity contribution in [1.82, 2.24) is 0 Å². The number of ketones is 2. The van der Waals surface area contributed by atoms with E-state index in [1.807, 2.05) is 0 Å². The summed E-state index contributed by atoms with van der Waals surface area (Å²) in [5.41, 5.74) is -1.18. The molecule has 162 valence electrons. The summed E-state index contributed by atoms with van der Waals surface area (Å²) in [5, 5.41) is 0. The van der Waals surface area contributed by atoms with E-state index in [1.54, 1.807) is 42.5 Å². The lowest BCUT2D eigenvalue weighted by Gasteiger charge is -2.27. The number of amides is 2. The Labute approximate surface area is 187 Å². The normalized spacial score (nSPS) is 25.1. The maximum Gasteiger partial charge on any atom is 0.241 e. The maximum absolute atomic E-state index is 13.9. The Bertz CT molecular complexity index is 1330. The van der Waals surface area contributed by atoms with Gasteiger partial charge in [-0.3, -0.25) is 19.2 Å². The molecule has 1 aliphatic carbocycles. The van der Waals surface area contributed by atoms with Crippen molar-refractivity contribution in [2.45, 2.75) is 11.7 Å². The highest BCUT2D eigenvalue weighted by Crippen LogP contribution is 2.57. The number of carbonyl (C=O) groups excluding carboxylic acids is 4. The molecule has 7 heteroatoms. The van der Waals surface area contributed by atoms with Crippen LogP contribution in [-0.4, -0.2) is 29.0 Å². The molecule has 3 aromatic rings. The van der Waals surface area contributed by atoms with Crippen LogP contribution in [0.25, 0.3) is 0 Å². The van der Waals surface area contributed by atoms with Gasteiger partial charge in [-0.25, -0.2) is 9.29 Å². The average Bonchev–Trinajstić information content (AvgIpc) is 3.40. The average molecular weight is 441 g/mol. The van der Waals surface area contributed by atoms with Gasteiger partial charge >= 0.3 is 0 Å². The zero-order valence-corrected chi connectivity index (χ0v) is 17.1. The smallest absolute Gasteiger partial charge is 0.241 e. The number of anilines is 1. The number of hydrogen-bond donors (Lipinski definition) is 0. The fourth-order valence-electron chi connectivity index (χ4n) is 5.33. The van der Waals surface area contributed by atoms with Gasteiger partial charge in [0.05, 0.1) is 23.6 Å². The number of benzene rings is 3. The van der Waals surface area contributed by atoms with E-state index in [1.165, 1.54) is 30.3 Å². The minimum Gasteiger partial charge on any atom is -0.349 e. The first kappa shape index (κ1) is 19.7. The Kier molecular flexibility index (Phi) is 4.04. The van der Waals surface area contributed by atoms with E-state index < -0.39 is 52.7 Å². The van der Waals surface area contributed by atoms with Gasteiger partial charge in [0, 0.05) is 11.1 Å². The topological polar surface area (TPSA) is 80.8 Å². The fraction of sp³-hybridized carbons (Fsp3) is 0.154. The van der Waals surface area contributed by atoms with E-state index in [2.05, 4.69) is 0 Å². The molecule has 0 N–H and O–H groups in total. The van der Waals surface area contributed by atoms with Crippen molar-refractivity contribution in [2.24, 2.45) is 11.8 Å². The number of ether oxygens (including phenoxy) is 1. The molecule has 1 spiro atoms. The van der Waals surface area contributed by atoms with E-state index in [9.17, 15) is 23.6 Å². The third-order valence-corrected chi connectivity index (χ3v) is 6.71. The van der Waals surface area contributed by atoms with E-state index in [0.717, 1.165) is 11.0 Å². The maximum atomic E-state index is 13.9. The molecule has 2 fully saturated rings. The van der Waals surface area contributed by atoms with Gasteiger partial charge in [-0.15, -0.1) is 0 Å². The molecule has 0 radical (unpaired) electrons. The van der Waals surface area contributed by atoms with Gasteiger partial charge in [0.25, 0.3) is 0 Å². The summed E-state index contributed by atoms with van der Waals surface area (Å²) < 4.78 is 20.1. The Morgan fingerprint density at radius 2 is 1.39 bits per heavy atom. The molecule has 0 bridgehead atoms. The lowest BCUT2D eigenvalue weighted by molar-refractivity contribution is -0.127. The second-order valence-corrected chi connectivity index (χ2v) is 8.38. The molecule has 6 nitrogen and oxygen atoms in total. The number of halogens is 1. The molecule has 3 aliphatic rings. The molecule has 6 rings (SSSR count). The van der Waals surface area contributed by atoms with E-state index >= 15 is 0 Å². The van der Waals surface area contributed by atoms with Gasteiger partial charge in [-0.05, 0) is 23.8 Å². The first-order valence-electron chi connectivity index (χ1n) is 10.5. The van der Waals surface area contributed by atoms with Gasteiger partial charge in [0.15, 0.2) is 0 Å². The van der Waals surface area contributed by atoms with Crippen molar-refractivity contribution < 1.29 is 28.3 Å². The molecule has 2 saturated heterocycles. The Morgan fingerprint density at radius 3 is 2.03 bits per heavy atom. The van der Waals surface area contributed by atoms with Crippen LogP contribution in [0.3, 0.4) is 0 Å². The first-order chi connectivity index (χ1) is 15.9. The van der Waals surface area contributed by atoms with Gasteiger partial charge in [-0.1, -0.05) is 60.7 Å². The highest BCUT2D eigenvalue weighted by molar-refractivity contribution is 6.37. The Morgan fingerprint density at radius 1 is 0.758 bits per heavy atom. The van der Waals surface area contributed by atoms with Gasteiger partial charge < -0.3 is 4.74 Å². The minimum absolute atomic E-state index is 0.0526. The van der Waals surface area contributed by atoms with E-state index in [-0.39, 0.29) is 16.8 Å². The number of carbonyl (C=O) groups is 4. The van der Waals surface area contributed by atoms with Gasteiger partial charge in [-0.2, -0.15) is 0 Å². The standard InChI is InChI=1S/C26H16FNO5/c27-15-9-6-10-16(13-15)28-24(31)19-20(25(28)32)26(33-21(19)14-7-2-1-3-8-14)22(29)17-11-4-5-12-18(17)23(26)30/h1-13,19-21H/t19-,20+,21-/m1/s1. The van der Waals surface area contributed by atoms with Crippen LogP contribution in [0.4, 0.5) is 10.1 Å². The highest BCUT2D eigenvalue weighted by Gasteiger charge is 2.74. The SMILES string of the molecule is O=C1[C@H]2[C@@H](c3ccccc3)OC3(C(=O)c4ccccc4C3=O)[C@@H]2C(=O)N1c1cccc(F)c1. The monoisotopic (exact) mass is 441 g/mol. The lowest BCUT2D eigenvalue weighted by Crippen LogP contribution is -2.51. The van der Waals surface area contributed by atoms with Crippen molar-refractivity contribution in [3.8, 4) is 0 Å². The summed E-state index contributed by atoms with van der Waals surface area (Å²) in [6.07, 6.45) is -0.992. The largest absolute Gasteiger partial charge is 0.349 e. The van der Waals surface area contributed by atoms with Crippen molar-refractivity contribution in [1.29, 1.82) is 0 Å². The first-order valence-corrected chi connectivity index (χ1v) is 10.5. The molecule has 33 heavy (non-hydrogen) atoms. The van der Waals surface area contributed by atoms with Crippen molar-refractivity contribution >= 4 is 29.1 Å². The number of Topliss-reactive ketones (excluding diaryl/α,β-unsaturated/α-hetero) is 2. The molecule has 2 heterocycles. The van der Waals surface area contributed by atoms with Crippen LogP contribution >= 0.6 is 0 Å². The summed E-state index contributed by atoms with van der Waals surface area (Å²) in [4.78, 5) is 55.4. The van der Waals surface area contributed by atoms with Crippen LogP contribution < -0.4 is 4.90 Å². The molecular formula is C26H16FNO5. The highest BCUT2D eigenvalue weighted by atomic mass is 19.1. The Balaban J connectivity index is 1.56. The van der Waals surface area contributed by atoms with Crippen LogP contribution in [-0.2, 0) is 14.3 Å². The third kappa shape index (κ3) is 2.45. The summed E-state index contributed by atoms with van der Waals surface area (Å²) in [5.74, 6) is -5.70. The van der Waals surface area contributed by atoms with Crippen molar-refractivity contribution in [3.05, 3.63) is 101 Å². The molecule has 0 unspecified atom stereocenters. The quantitative estimate of drug-likeness (QED) is 0.449. The summed E-state index contributed by atoms with van der Waals surface area (Å²) in [6, 6.07) is 20.1. The zero-order chi connectivity index (χ0) is 22.9. The second kappa shape index (κ2) is 6.76. The van der Waals surface area contributed by atoms with Crippen LogP contribution in [0.15, 0.2) is 78.9 Å². The predicted octanol–water partition coefficient (Wildman–Crippen LogP) is 3.52. The number of nitrogens with zero attached hydrogens (tertiary/aromatic N) is 1. The van der Waals surface area contributed by atoms with E-state index in [4.69, 9.17) is 4.74 Å². The van der Waals surface area contributed by atoms with Crippen LogP contribution in [0, 0.1) is 17.7 Å². The number of rotatable bonds is 2. The van der Waals surface area contributed by atoms with Crippen molar-refractivity contribution in [2.75, 3.05) is 4.90 Å². The predicted molar refractivity (Wildman–Crippen MR) is 114 cm³/mol.